The van der Waals surface area contributed by atoms with Gasteiger partial charge in [0.1, 0.15) is 5.69 Å². The first-order valence-electron chi connectivity index (χ1n) is 8.11. The van der Waals surface area contributed by atoms with Gasteiger partial charge in [0, 0.05) is 23.0 Å². The third kappa shape index (κ3) is 3.20. The van der Waals surface area contributed by atoms with Crippen LogP contribution in [0.3, 0.4) is 0 Å². The minimum atomic E-state index is 0.0600. The quantitative estimate of drug-likeness (QED) is 0.903. The maximum atomic E-state index is 12.7. The molecule has 2 N–H and O–H groups in total. The highest BCUT2D eigenvalue weighted by atomic mass is 32.1. The summed E-state index contributed by atoms with van der Waals surface area (Å²) in [4.78, 5) is 19.5. The molecule has 3 rings (SSSR count). The monoisotopic (exact) mass is 319 g/mol. The van der Waals surface area contributed by atoms with Crippen LogP contribution in [0.4, 0.5) is 0 Å². The van der Waals surface area contributed by atoms with E-state index in [0.29, 0.717) is 6.04 Å². The van der Waals surface area contributed by atoms with E-state index in [0.717, 1.165) is 36.2 Å². The van der Waals surface area contributed by atoms with Gasteiger partial charge in [-0.3, -0.25) is 4.79 Å². The van der Waals surface area contributed by atoms with Crippen LogP contribution in [0.2, 0.25) is 0 Å². The van der Waals surface area contributed by atoms with Crippen LogP contribution < -0.4 is 5.32 Å². The highest BCUT2D eigenvalue weighted by Crippen LogP contribution is 2.31. The van der Waals surface area contributed by atoms with Crippen LogP contribution in [-0.4, -0.2) is 35.9 Å². The van der Waals surface area contributed by atoms with Crippen LogP contribution in [0.25, 0.3) is 10.2 Å². The number of carbonyl (C=O) groups is 1. The molecule has 1 amide bonds. The Kier molecular flexibility index (Phi) is 4.54. The number of nitrogens with one attached hydrogen (secondary N) is 2. The van der Waals surface area contributed by atoms with Crippen LogP contribution in [-0.2, 0) is 6.54 Å². The summed E-state index contributed by atoms with van der Waals surface area (Å²) in [5.74, 6) is 0.0600. The van der Waals surface area contributed by atoms with Gasteiger partial charge in [0.2, 0.25) is 0 Å². The number of amides is 1. The van der Waals surface area contributed by atoms with Crippen molar-refractivity contribution in [1.82, 2.24) is 15.2 Å². The summed E-state index contributed by atoms with van der Waals surface area (Å²) in [5.41, 5.74) is 2.97. The van der Waals surface area contributed by atoms with E-state index in [4.69, 9.17) is 0 Å². The molecule has 2 heterocycles. The maximum Gasteiger partial charge on any atom is 0.268 e. The molecule has 1 fully saturated rings. The zero-order chi connectivity index (χ0) is 15.7. The molecule has 1 saturated carbocycles. The van der Waals surface area contributed by atoms with Crippen molar-refractivity contribution in [3.63, 3.8) is 0 Å². The second-order valence-corrected chi connectivity index (χ2v) is 7.88. The van der Waals surface area contributed by atoms with Crippen LogP contribution in [0.15, 0.2) is 6.07 Å². The topological polar surface area (TPSA) is 48.1 Å². The molecule has 120 valence electrons. The molecular formula is C17H25N3OS. The number of hydrogen-bond acceptors (Lipinski definition) is 3. The first-order chi connectivity index (χ1) is 10.5. The predicted octanol–water partition coefficient (Wildman–Crippen LogP) is 3.66. The fraction of sp³-hybridized carbons (Fsp3) is 0.588. The lowest BCUT2D eigenvalue weighted by atomic mass is 9.95. The van der Waals surface area contributed by atoms with Crippen molar-refractivity contribution < 1.29 is 4.79 Å². The van der Waals surface area contributed by atoms with E-state index in [2.05, 4.69) is 28.2 Å². The lowest BCUT2D eigenvalue weighted by Gasteiger charge is -2.23. The fourth-order valence-corrected chi connectivity index (χ4v) is 4.33. The van der Waals surface area contributed by atoms with Gasteiger partial charge < -0.3 is 15.2 Å². The molecule has 0 unspecified atom stereocenters. The number of H-pyrrole nitrogens is 1. The molecule has 2 aromatic rings. The van der Waals surface area contributed by atoms with Gasteiger partial charge in [-0.05, 0) is 39.9 Å². The number of rotatable bonds is 4. The molecule has 0 radical (unpaired) electrons. The highest BCUT2D eigenvalue weighted by Gasteiger charge is 2.22. The second-order valence-electron chi connectivity index (χ2n) is 6.62. The summed E-state index contributed by atoms with van der Waals surface area (Å²) in [6, 6.07) is 2.48. The van der Waals surface area contributed by atoms with E-state index >= 15 is 0 Å². The standard InChI is InChI=1S/C17H25N3OS/c1-11-9-14-16(22-11)13(10-20(2)3)15(19-14)17(21)18-12-7-5-4-6-8-12/h9,12,19H,4-8,10H2,1-3H3,(H,18,21). The fourth-order valence-electron chi connectivity index (χ4n) is 3.32. The predicted molar refractivity (Wildman–Crippen MR) is 92.6 cm³/mol. The molecule has 0 saturated heterocycles. The molecule has 0 spiro atoms. The Morgan fingerprint density at radius 1 is 1.36 bits per heavy atom. The van der Waals surface area contributed by atoms with E-state index in [1.54, 1.807) is 11.3 Å². The van der Waals surface area contributed by atoms with Crippen LogP contribution in [0, 0.1) is 6.92 Å². The molecule has 1 aliphatic carbocycles. The van der Waals surface area contributed by atoms with Gasteiger partial charge in [0.05, 0.1) is 10.2 Å². The Hall–Kier alpha value is -1.33. The van der Waals surface area contributed by atoms with Crippen molar-refractivity contribution in [3.05, 3.63) is 22.2 Å². The Balaban J connectivity index is 1.87. The third-order valence-electron chi connectivity index (χ3n) is 4.33. The van der Waals surface area contributed by atoms with Crippen LogP contribution in [0.1, 0.15) is 53.0 Å². The molecule has 4 nitrogen and oxygen atoms in total. The first-order valence-corrected chi connectivity index (χ1v) is 8.93. The number of hydrogen-bond donors (Lipinski definition) is 2. The highest BCUT2D eigenvalue weighted by molar-refractivity contribution is 7.19. The molecular weight excluding hydrogens is 294 g/mol. The molecule has 22 heavy (non-hydrogen) atoms. The summed E-state index contributed by atoms with van der Waals surface area (Å²) < 4.78 is 1.22. The van der Waals surface area contributed by atoms with Crippen molar-refractivity contribution in [2.45, 2.75) is 51.6 Å². The number of nitrogens with zero attached hydrogens (tertiary/aromatic N) is 1. The summed E-state index contributed by atoms with van der Waals surface area (Å²) in [6.45, 7) is 2.90. The van der Waals surface area contributed by atoms with Gasteiger partial charge in [-0.25, -0.2) is 0 Å². The summed E-state index contributed by atoms with van der Waals surface area (Å²) in [6.07, 6.45) is 5.99. The third-order valence-corrected chi connectivity index (χ3v) is 5.44. The SMILES string of the molecule is Cc1cc2[nH]c(C(=O)NC3CCCCC3)c(CN(C)C)c2s1. The van der Waals surface area contributed by atoms with Crippen molar-refractivity contribution in [2.24, 2.45) is 0 Å². The van der Waals surface area contributed by atoms with Crippen LogP contribution in [0.5, 0.6) is 0 Å². The van der Waals surface area contributed by atoms with Crippen LogP contribution >= 0.6 is 11.3 Å². The van der Waals surface area contributed by atoms with E-state index < -0.39 is 0 Å². The smallest absolute Gasteiger partial charge is 0.268 e. The molecule has 2 aromatic heterocycles. The van der Waals surface area contributed by atoms with Gasteiger partial charge in [0.15, 0.2) is 0 Å². The number of carbonyl (C=O) groups excluding carboxylic acids is 1. The average molecular weight is 319 g/mol. The van der Waals surface area contributed by atoms with Gasteiger partial charge in [0.25, 0.3) is 5.91 Å². The largest absolute Gasteiger partial charge is 0.350 e. The van der Waals surface area contributed by atoms with Gasteiger partial charge in [-0.15, -0.1) is 11.3 Å². The van der Waals surface area contributed by atoms with E-state index in [1.807, 2.05) is 14.1 Å². The molecule has 0 bridgehead atoms. The number of aromatic amines is 1. The lowest BCUT2D eigenvalue weighted by Crippen LogP contribution is -2.37. The minimum Gasteiger partial charge on any atom is -0.350 e. The van der Waals surface area contributed by atoms with Gasteiger partial charge >= 0.3 is 0 Å². The molecule has 0 aliphatic heterocycles. The molecule has 5 heteroatoms. The van der Waals surface area contributed by atoms with Crippen molar-refractivity contribution in [1.29, 1.82) is 0 Å². The molecule has 1 aliphatic rings. The molecule has 0 aromatic carbocycles. The molecule has 0 atom stereocenters. The Bertz CT molecular complexity index is 665. The minimum absolute atomic E-state index is 0.0600. The van der Waals surface area contributed by atoms with Crippen molar-refractivity contribution in [2.75, 3.05) is 14.1 Å². The first kappa shape index (κ1) is 15.6. The number of thiophene rings is 1. The average Bonchev–Trinajstić information content (AvgIpc) is 2.97. The number of aryl methyl sites for hydroxylation is 1. The zero-order valence-corrected chi connectivity index (χ0v) is 14.5. The van der Waals surface area contributed by atoms with E-state index in [1.165, 1.54) is 28.8 Å². The maximum absolute atomic E-state index is 12.7. The normalized spacial score (nSPS) is 16.5. The lowest BCUT2D eigenvalue weighted by molar-refractivity contribution is 0.0922. The zero-order valence-electron chi connectivity index (χ0n) is 13.7. The van der Waals surface area contributed by atoms with Gasteiger partial charge in [-0.1, -0.05) is 19.3 Å². The van der Waals surface area contributed by atoms with Gasteiger partial charge in [-0.2, -0.15) is 0 Å². The summed E-state index contributed by atoms with van der Waals surface area (Å²) in [5, 5.41) is 3.23. The summed E-state index contributed by atoms with van der Waals surface area (Å²) >= 11 is 1.77. The Morgan fingerprint density at radius 2 is 2.09 bits per heavy atom. The second kappa shape index (κ2) is 6.42. The summed E-state index contributed by atoms with van der Waals surface area (Å²) in [7, 11) is 4.09. The Labute approximate surface area is 135 Å². The Morgan fingerprint density at radius 3 is 2.77 bits per heavy atom. The van der Waals surface area contributed by atoms with E-state index in [-0.39, 0.29) is 5.91 Å². The number of aromatic nitrogens is 1. The van der Waals surface area contributed by atoms with Crippen molar-refractivity contribution >= 4 is 27.5 Å². The van der Waals surface area contributed by atoms with Crippen molar-refractivity contribution in [3.8, 4) is 0 Å². The van der Waals surface area contributed by atoms with E-state index in [9.17, 15) is 4.79 Å². The number of fused-ring (bicyclic) bond motifs is 1.